The second-order valence-electron chi connectivity index (χ2n) is 9.34. The molecule has 0 amide bonds. The first-order valence-corrected chi connectivity index (χ1v) is 12.4. The predicted molar refractivity (Wildman–Crippen MR) is 136 cm³/mol. The van der Waals surface area contributed by atoms with Crippen molar-refractivity contribution in [3.05, 3.63) is 82.9 Å². The zero-order chi connectivity index (χ0) is 23.8. The molecule has 1 saturated carbocycles. The number of benzene rings is 1. The Kier molecular flexibility index (Phi) is 6.13. The Morgan fingerprint density at radius 1 is 1.09 bits per heavy atom. The summed E-state index contributed by atoms with van der Waals surface area (Å²) >= 11 is 5.92. The Hall–Kier alpha value is -3.19. The summed E-state index contributed by atoms with van der Waals surface area (Å²) in [5, 5.41) is 13.7. The van der Waals surface area contributed by atoms with Gasteiger partial charge in [-0.1, -0.05) is 25.3 Å². The van der Waals surface area contributed by atoms with E-state index in [1.165, 1.54) is 24.8 Å². The molecule has 2 fully saturated rings. The fraction of sp³-hybridized carbons (Fsp3) is 0.370. The van der Waals surface area contributed by atoms with Gasteiger partial charge < -0.3 is 19.9 Å². The van der Waals surface area contributed by atoms with Gasteiger partial charge in [-0.3, -0.25) is 4.98 Å². The van der Waals surface area contributed by atoms with Crippen molar-refractivity contribution in [1.82, 2.24) is 19.8 Å². The van der Waals surface area contributed by atoms with Gasteiger partial charge in [-0.05, 0) is 86.9 Å². The molecule has 0 unspecified atom stereocenters. The summed E-state index contributed by atoms with van der Waals surface area (Å²) in [5.41, 5.74) is 5.71. The van der Waals surface area contributed by atoms with Crippen LogP contribution in [-0.4, -0.2) is 36.7 Å². The summed E-state index contributed by atoms with van der Waals surface area (Å²) in [6.07, 6.45) is 7.91. The van der Waals surface area contributed by atoms with Gasteiger partial charge in [-0.25, -0.2) is 4.79 Å². The molecule has 1 aliphatic heterocycles. The van der Waals surface area contributed by atoms with E-state index in [2.05, 4.69) is 45.7 Å². The molecule has 3 heterocycles. The van der Waals surface area contributed by atoms with Gasteiger partial charge in [0.15, 0.2) is 5.11 Å². The fourth-order valence-electron chi connectivity index (χ4n) is 5.69. The van der Waals surface area contributed by atoms with Crippen LogP contribution >= 0.6 is 12.2 Å². The van der Waals surface area contributed by atoms with Crippen LogP contribution in [-0.2, 0) is 0 Å². The molecule has 7 heteroatoms. The monoisotopic (exact) mass is 474 g/mol. The summed E-state index contributed by atoms with van der Waals surface area (Å²) in [5.74, 6) is -0.917. The Bertz CT molecular complexity index is 1200. The van der Waals surface area contributed by atoms with E-state index in [9.17, 15) is 9.90 Å². The molecule has 1 aliphatic carbocycles. The van der Waals surface area contributed by atoms with Crippen molar-refractivity contribution in [2.45, 2.75) is 64.1 Å². The molecule has 34 heavy (non-hydrogen) atoms. The molecular weight excluding hydrogens is 444 g/mol. The molecule has 0 spiro atoms. The molecular formula is C27H30N4O2S. The van der Waals surface area contributed by atoms with Crippen molar-refractivity contribution < 1.29 is 9.90 Å². The van der Waals surface area contributed by atoms with Crippen LogP contribution in [0.15, 0.2) is 54.7 Å². The van der Waals surface area contributed by atoms with Crippen LogP contribution in [0.1, 0.15) is 77.2 Å². The summed E-state index contributed by atoms with van der Waals surface area (Å²) in [4.78, 5) is 18.4. The summed E-state index contributed by atoms with van der Waals surface area (Å²) < 4.78 is 2.21. The van der Waals surface area contributed by atoms with Crippen LogP contribution in [0.4, 0.5) is 0 Å². The highest BCUT2D eigenvalue weighted by molar-refractivity contribution is 7.80. The Morgan fingerprint density at radius 3 is 2.47 bits per heavy atom. The maximum Gasteiger partial charge on any atom is 0.335 e. The largest absolute Gasteiger partial charge is 0.478 e. The molecule has 0 radical (unpaired) electrons. The minimum absolute atomic E-state index is 0.0287. The third-order valence-electron chi connectivity index (χ3n) is 7.26. The van der Waals surface area contributed by atoms with E-state index in [4.69, 9.17) is 12.2 Å². The smallest absolute Gasteiger partial charge is 0.335 e. The van der Waals surface area contributed by atoms with E-state index in [1.807, 2.05) is 30.5 Å². The number of nitrogens with zero attached hydrogens (tertiary/aromatic N) is 3. The molecule has 2 aromatic heterocycles. The van der Waals surface area contributed by atoms with Crippen molar-refractivity contribution in [2.24, 2.45) is 0 Å². The lowest BCUT2D eigenvalue weighted by Crippen LogP contribution is -2.40. The minimum atomic E-state index is -0.917. The quantitative estimate of drug-likeness (QED) is 0.477. The van der Waals surface area contributed by atoms with Crippen molar-refractivity contribution >= 4 is 23.3 Å². The number of carbonyl (C=O) groups is 1. The molecule has 1 aromatic carbocycles. The van der Waals surface area contributed by atoms with Gasteiger partial charge in [-0.2, -0.15) is 0 Å². The second kappa shape index (κ2) is 9.22. The van der Waals surface area contributed by atoms with Crippen molar-refractivity contribution in [2.75, 3.05) is 0 Å². The molecule has 0 bridgehead atoms. The van der Waals surface area contributed by atoms with Gasteiger partial charge in [-0.15, -0.1) is 0 Å². The lowest BCUT2D eigenvalue weighted by molar-refractivity contribution is 0.0697. The van der Waals surface area contributed by atoms with E-state index < -0.39 is 5.97 Å². The minimum Gasteiger partial charge on any atom is -0.478 e. The molecule has 2 atom stereocenters. The number of carboxylic acids is 1. The van der Waals surface area contributed by atoms with E-state index in [-0.39, 0.29) is 17.6 Å². The first kappa shape index (κ1) is 22.6. The number of nitrogens with one attached hydrogen (secondary N) is 1. The predicted octanol–water partition coefficient (Wildman–Crippen LogP) is 5.49. The SMILES string of the molecule is Cc1cc([C@@H]2[C@H](c3ccccn3)NC(=S)N2C2CCCCC2)c(C)n1-c1ccc(C(=O)O)cc1. The number of aromatic carboxylic acids is 1. The molecule has 2 aliphatic rings. The van der Waals surface area contributed by atoms with Crippen LogP contribution in [0.2, 0.25) is 0 Å². The zero-order valence-electron chi connectivity index (χ0n) is 19.6. The highest BCUT2D eigenvalue weighted by Gasteiger charge is 2.44. The summed E-state index contributed by atoms with van der Waals surface area (Å²) in [6.45, 7) is 4.24. The third-order valence-corrected chi connectivity index (χ3v) is 7.59. The topological polar surface area (TPSA) is 70.4 Å². The number of thiocarbonyl (C=S) groups is 1. The fourth-order valence-corrected chi connectivity index (χ4v) is 6.08. The standard InChI is InChI=1S/C27H30N4O2S/c1-17-16-22(18(2)30(17)21-13-11-19(12-14-21)26(32)33)25-24(23-10-6-7-15-28-23)29-27(34)31(25)20-8-4-3-5-9-20/h6-7,10-16,20,24-25H,3-5,8-9H2,1-2H3,(H,29,34)(H,32,33)/t24-,25+/m0/s1. The first-order chi connectivity index (χ1) is 16.5. The summed E-state index contributed by atoms with van der Waals surface area (Å²) in [7, 11) is 0. The van der Waals surface area contributed by atoms with Crippen molar-refractivity contribution in [1.29, 1.82) is 0 Å². The van der Waals surface area contributed by atoms with Gasteiger partial charge >= 0.3 is 5.97 Å². The highest BCUT2D eigenvalue weighted by atomic mass is 32.1. The number of aryl methyl sites for hydroxylation is 1. The number of carboxylic acid groups (broad SMARTS) is 1. The maximum absolute atomic E-state index is 11.3. The second-order valence-corrected chi connectivity index (χ2v) is 9.73. The maximum atomic E-state index is 11.3. The van der Waals surface area contributed by atoms with E-state index in [0.29, 0.717) is 6.04 Å². The van der Waals surface area contributed by atoms with E-state index >= 15 is 0 Å². The van der Waals surface area contributed by atoms with Gasteiger partial charge in [0, 0.05) is 29.3 Å². The highest BCUT2D eigenvalue weighted by Crippen LogP contribution is 2.44. The molecule has 5 rings (SSSR count). The number of hydrogen-bond donors (Lipinski definition) is 2. The van der Waals surface area contributed by atoms with Crippen LogP contribution in [0.5, 0.6) is 0 Å². The van der Waals surface area contributed by atoms with Crippen LogP contribution in [0, 0.1) is 13.8 Å². The Balaban J connectivity index is 1.60. The lowest BCUT2D eigenvalue weighted by atomic mass is 9.90. The van der Waals surface area contributed by atoms with Gasteiger partial charge in [0.05, 0.1) is 23.3 Å². The molecule has 3 aromatic rings. The van der Waals surface area contributed by atoms with Gasteiger partial charge in [0.25, 0.3) is 0 Å². The zero-order valence-corrected chi connectivity index (χ0v) is 20.4. The van der Waals surface area contributed by atoms with E-state index in [0.717, 1.165) is 40.7 Å². The average molecular weight is 475 g/mol. The Morgan fingerprint density at radius 2 is 1.82 bits per heavy atom. The average Bonchev–Trinajstić information content (AvgIpc) is 3.35. The number of rotatable bonds is 5. The van der Waals surface area contributed by atoms with Crippen LogP contribution in [0.3, 0.4) is 0 Å². The van der Waals surface area contributed by atoms with Crippen LogP contribution < -0.4 is 5.32 Å². The Labute approximate surface area is 205 Å². The van der Waals surface area contributed by atoms with Crippen molar-refractivity contribution in [3.63, 3.8) is 0 Å². The molecule has 2 N–H and O–H groups in total. The number of aromatic nitrogens is 2. The van der Waals surface area contributed by atoms with E-state index in [1.54, 1.807) is 12.1 Å². The number of pyridine rings is 1. The molecule has 1 saturated heterocycles. The molecule has 176 valence electrons. The first-order valence-electron chi connectivity index (χ1n) is 12.0. The third kappa shape index (κ3) is 3.98. The van der Waals surface area contributed by atoms with Crippen molar-refractivity contribution in [3.8, 4) is 5.69 Å². The van der Waals surface area contributed by atoms with Crippen LogP contribution in [0.25, 0.3) is 5.69 Å². The lowest BCUT2D eigenvalue weighted by Gasteiger charge is -2.37. The number of hydrogen-bond acceptors (Lipinski definition) is 3. The molecule has 6 nitrogen and oxygen atoms in total. The normalized spacial score (nSPS) is 21.0. The summed E-state index contributed by atoms with van der Waals surface area (Å²) in [6, 6.07) is 15.8. The van der Waals surface area contributed by atoms with Gasteiger partial charge in [0.1, 0.15) is 0 Å². The van der Waals surface area contributed by atoms with Gasteiger partial charge in [0.2, 0.25) is 0 Å².